The van der Waals surface area contributed by atoms with Gasteiger partial charge in [-0.25, -0.2) is 4.39 Å². The van der Waals surface area contributed by atoms with E-state index in [0.717, 1.165) is 17.7 Å². The lowest BCUT2D eigenvalue weighted by atomic mass is 9.48. The molecular weight excluding hydrogens is 435 g/mol. The van der Waals surface area contributed by atoms with E-state index in [9.17, 15) is 19.4 Å². The number of piperidine rings is 1. The Morgan fingerprint density at radius 1 is 1.24 bits per heavy atom. The smallest absolute Gasteiger partial charge is 0.257 e. The van der Waals surface area contributed by atoms with Crippen molar-refractivity contribution >= 4 is 5.91 Å². The van der Waals surface area contributed by atoms with Gasteiger partial charge in [-0.15, -0.1) is 6.58 Å². The molecule has 3 heterocycles. The standard InChI is InChI=1S/C27H27FN2O4/c1-2-11-29-12-10-26-22-15-6-7-19(31)23(22)34-24(26)18(8-9-27(26,33)20(29)13-15)30-14-16-4-3-5-17(28)21(16)25(30)32/h2-7,18,20,24,31,33H,1,8-14H2/t18-,20+,24+,26+,27-/m1/s1. The first kappa shape index (κ1) is 20.5. The minimum atomic E-state index is -1.05. The maximum absolute atomic E-state index is 14.6. The summed E-state index contributed by atoms with van der Waals surface area (Å²) >= 11 is 0. The normalized spacial score (nSPS) is 35.1. The monoisotopic (exact) mass is 462 g/mol. The SMILES string of the molecule is C=CCN1CC[C@]23c4c5ccc(O)c4O[C@H]2[C@H](N2Cc4cccc(F)c4C2=O)CC[C@@]3(O)[C@@H]1C5. The fourth-order valence-corrected chi connectivity index (χ4v) is 7.92. The number of carbonyl (C=O) groups excluding carboxylic acids is 1. The van der Waals surface area contributed by atoms with Crippen LogP contribution in [0.3, 0.4) is 0 Å². The second-order valence-electron chi connectivity index (χ2n) is 10.4. The van der Waals surface area contributed by atoms with E-state index < -0.39 is 22.9 Å². The summed E-state index contributed by atoms with van der Waals surface area (Å²) in [6, 6.07) is 7.94. The average Bonchev–Trinajstić information content (AvgIpc) is 3.34. The number of nitrogens with zero attached hydrogens (tertiary/aromatic N) is 2. The molecule has 1 amide bonds. The van der Waals surface area contributed by atoms with Gasteiger partial charge in [0.25, 0.3) is 5.91 Å². The second kappa shape index (κ2) is 6.61. The first-order valence-corrected chi connectivity index (χ1v) is 12.1. The van der Waals surface area contributed by atoms with Gasteiger partial charge in [0.05, 0.1) is 22.6 Å². The van der Waals surface area contributed by atoms with Crippen LogP contribution in [0, 0.1) is 5.82 Å². The van der Waals surface area contributed by atoms with Gasteiger partial charge in [-0.2, -0.15) is 0 Å². The molecule has 34 heavy (non-hydrogen) atoms. The van der Waals surface area contributed by atoms with Crippen LogP contribution < -0.4 is 4.74 Å². The van der Waals surface area contributed by atoms with Crippen LogP contribution >= 0.6 is 0 Å². The number of aromatic hydroxyl groups is 1. The quantitative estimate of drug-likeness (QED) is 0.687. The van der Waals surface area contributed by atoms with Crippen LogP contribution in [0.15, 0.2) is 43.0 Å². The second-order valence-corrected chi connectivity index (χ2v) is 10.4. The third kappa shape index (κ3) is 2.20. The van der Waals surface area contributed by atoms with Crippen LogP contribution in [0.1, 0.15) is 46.3 Å². The number of benzene rings is 2. The average molecular weight is 463 g/mol. The van der Waals surface area contributed by atoms with Crippen molar-refractivity contribution in [1.29, 1.82) is 0 Å². The van der Waals surface area contributed by atoms with E-state index in [1.54, 1.807) is 23.1 Å². The predicted octanol–water partition coefficient (Wildman–Crippen LogP) is 2.90. The summed E-state index contributed by atoms with van der Waals surface area (Å²) in [6.07, 6.45) is 3.75. The van der Waals surface area contributed by atoms with Gasteiger partial charge in [-0.05, 0) is 55.5 Å². The minimum absolute atomic E-state index is 0.0673. The molecule has 6 nitrogen and oxygen atoms in total. The molecule has 0 radical (unpaired) electrons. The van der Waals surface area contributed by atoms with Crippen molar-refractivity contribution in [2.45, 2.75) is 61.4 Å². The van der Waals surface area contributed by atoms with Crippen molar-refractivity contribution in [3.63, 3.8) is 0 Å². The summed E-state index contributed by atoms with van der Waals surface area (Å²) in [5, 5.41) is 23.2. The van der Waals surface area contributed by atoms with Crippen LogP contribution in [0.4, 0.5) is 4.39 Å². The fourth-order valence-electron chi connectivity index (χ4n) is 7.92. The lowest BCUT2D eigenvalue weighted by Crippen LogP contribution is -2.78. The Bertz CT molecular complexity index is 1260. The Morgan fingerprint density at radius 2 is 2.09 bits per heavy atom. The third-order valence-corrected chi connectivity index (χ3v) is 9.22. The molecule has 2 aromatic rings. The van der Waals surface area contributed by atoms with Gasteiger partial charge in [-0.1, -0.05) is 24.3 Å². The fraction of sp³-hybridized carbons (Fsp3) is 0.444. The van der Waals surface area contributed by atoms with Crippen molar-refractivity contribution in [1.82, 2.24) is 9.80 Å². The topological polar surface area (TPSA) is 73.2 Å². The number of ether oxygens (including phenoxy) is 1. The third-order valence-electron chi connectivity index (χ3n) is 9.22. The molecule has 176 valence electrons. The Morgan fingerprint density at radius 3 is 2.88 bits per heavy atom. The minimum Gasteiger partial charge on any atom is -0.504 e. The maximum Gasteiger partial charge on any atom is 0.257 e. The zero-order valence-corrected chi connectivity index (χ0v) is 18.8. The first-order valence-electron chi connectivity index (χ1n) is 12.1. The molecule has 2 N–H and O–H groups in total. The number of likely N-dealkylation sites (tertiary alicyclic amines) is 1. The largest absolute Gasteiger partial charge is 0.504 e. The highest BCUT2D eigenvalue weighted by Crippen LogP contribution is 2.66. The highest BCUT2D eigenvalue weighted by Gasteiger charge is 2.73. The molecule has 2 aliphatic carbocycles. The van der Waals surface area contributed by atoms with E-state index in [1.165, 1.54) is 6.07 Å². The van der Waals surface area contributed by atoms with E-state index in [2.05, 4.69) is 11.5 Å². The molecule has 3 aliphatic heterocycles. The summed E-state index contributed by atoms with van der Waals surface area (Å²) in [5.41, 5.74) is 1.04. The molecule has 2 fully saturated rings. The number of halogens is 1. The van der Waals surface area contributed by atoms with E-state index >= 15 is 0 Å². The van der Waals surface area contributed by atoms with Crippen LogP contribution in [-0.2, 0) is 18.4 Å². The van der Waals surface area contributed by atoms with Gasteiger partial charge >= 0.3 is 0 Å². The molecule has 5 aliphatic rings. The van der Waals surface area contributed by atoms with E-state index in [-0.39, 0.29) is 29.3 Å². The molecule has 7 heteroatoms. The zero-order valence-electron chi connectivity index (χ0n) is 18.8. The number of phenolic OH excluding ortho intramolecular Hbond substituents is 1. The molecule has 0 unspecified atom stereocenters. The summed E-state index contributed by atoms with van der Waals surface area (Å²) in [4.78, 5) is 17.4. The highest BCUT2D eigenvalue weighted by atomic mass is 19.1. The van der Waals surface area contributed by atoms with E-state index in [1.807, 2.05) is 12.1 Å². The van der Waals surface area contributed by atoms with E-state index in [4.69, 9.17) is 4.74 Å². The van der Waals surface area contributed by atoms with Crippen LogP contribution in [0.2, 0.25) is 0 Å². The van der Waals surface area contributed by atoms with Crippen LogP contribution in [-0.4, -0.2) is 62.8 Å². The Hall–Kier alpha value is -2.90. The molecular formula is C27H27FN2O4. The molecule has 2 bridgehead atoms. The number of carbonyl (C=O) groups is 1. The van der Waals surface area contributed by atoms with Crippen LogP contribution in [0.5, 0.6) is 11.5 Å². The van der Waals surface area contributed by atoms with Crippen molar-refractivity contribution in [3.8, 4) is 11.5 Å². The number of amides is 1. The summed E-state index contributed by atoms with van der Waals surface area (Å²) in [7, 11) is 0. The molecule has 1 saturated heterocycles. The van der Waals surface area contributed by atoms with E-state index in [0.29, 0.717) is 50.1 Å². The van der Waals surface area contributed by atoms with Gasteiger partial charge in [0, 0.05) is 24.7 Å². The number of fused-ring (bicyclic) bond motifs is 1. The lowest BCUT2D eigenvalue weighted by molar-refractivity contribution is -0.196. The number of hydrogen-bond acceptors (Lipinski definition) is 5. The van der Waals surface area contributed by atoms with Gasteiger partial charge in [0.2, 0.25) is 0 Å². The van der Waals surface area contributed by atoms with Crippen molar-refractivity contribution in [2.75, 3.05) is 13.1 Å². The molecule has 0 aromatic heterocycles. The molecule has 2 aromatic carbocycles. The number of hydrogen-bond donors (Lipinski definition) is 2. The predicted molar refractivity (Wildman–Crippen MR) is 122 cm³/mol. The van der Waals surface area contributed by atoms with Crippen molar-refractivity contribution < 1.29 is 24.1 Å². The lowest BCUT2D eigenvalue weighted by Gasteiger charge is -2.64. The van der Waals surface area contributed by atoms with Gasteiger partial charge in [0.1, 0.15) is 11.9 Å². The molecule has 1 saturated carbocycles. The van der Waals surface area contributed by atoms with Gasteiger partial charge in [0.15, 0.2) is 11.5 Å². The van der Waals surface area contributed by atoms with Crippen molar-refractivity contribution in [2.24, 2.45) is 0 Å². The number of phenols is 1. The highest BCUT2D eigenvalue weighted by molar-refractivity contribution is 5.99. The van der Waals surface area contributed by atoms with Crippen LogP contribution in [0.25, 0.3) is 0 Å². The zero-order chi connectivity index (χ0) is 23.4. The Balaban J connectivity index is 1.38. The van der Waals surface area contributed by atoms with Gasteiger partial charge < -0.3 is 19.8 Å². The first-order chi connectivity index (χ1) is 16.4. The summed E-state index contributed by atoms with van der Waals surface area (Å²) in [5.74, 6) is -0.307. The summed E-state index contributed by atoms with van der Waals surface area (Å²) in [6.45, 7) is 5.69. The maximum atomic E-state index is 14.6. The van der Waals surface area contributed by atoms with Gasteiger partial charge in [-0.3, -0.25) is 9.69 Å². The Labute approximate surface area is 197 Å². The van der Waals surface area contributed by atoms with Crippen molar-refractivity contribution in [3.05, 3.63) is 71.1 Å². The molecule has 1 spiro atoms. The number of aliphatic hydroxyl groups is 1. The number of rotatable bonds is 3. The Kier molecular flexibility index (Phi) is 3.98. The summed E-state index contributed by atoms with van der Waals surface area (Å²) < 4.78 is 21.1. The molecule has 7 rings (SSSR count). The molecule has 5 atom stereocenters.